The number of nitrogens with zero attached hydrogens (tertiary/aromatic N) is 1. The number of hydrogen-bond donors (Lipinski definition) is 1. The van der Waals surface area contributed by atoms with Crippen LogP contribution in [0.3, 0.4) is 0 Å². The second-order valence-electron chi connectivity index (χ2n) is 8.98. The number of carbonyl (C=O) groups excluding carboxylic acids is 1. The van der Waals surface area contributed by atoms with Gasteiger partial charge in [-0.25, -0.2) is 8.78 Å². The molecule has 0 fully saturated rings. The Morgan fingerprint density at radius 3 is 2.58 bits per heavy atom. The lowest BCUT2D eigenvalue weighted by atomic mass is 9.80. The van der Waals surface area contributed by atoms with Gasteiger partial charge < -0.3 is 15.0 Å². The van der Waals surface area contributed by atoms with Crippen molar-refractivity contribution in [2.75, 3.05) is 13.6 Å². The average Bonchev–Trinajstić information content (AvgIpc) is 2.83. The van der Waals surface area contributed by atoms with Gasteiger partial charge in [0.05, 0.1) is 5.41 Å². The largest absolute Gasteiger partial charge is 0.457 e. The molecule has 0 bridgehead atoms. The summed E-state index contributed by atoms with van der Waals surface area (Å²) in [5.41, 5.74) is 3.04. The maximum atomic E-state index is 13.9. The first-order valence-corrected chi connectivity index (χ1v) is 11.4. The van der Waals surface area contributed by atoms with Crippen molar-refractivity contribution in [1.82, 2.24) is 10.2 Å². The Morgan fingerprint density at radius 1 is 1.15 bits per heavy atom. The van der Waals surface area contributed by atoms with Crippen molar-refractivity contribution in [3.8, 4) is 11.5 Å². The van der Waals surface area contributed by atoms with Crippen molar-refractivity contribution in [2.45, 2.75) is 45.6 Å². The van der Waals surface area contributed by atoms with Crippen LogP contribution in [0.25, 0.3) is 0 Å². The topological polar surface area (TPSA) is 41.6 Å². The van der Waals surface area contributed by atoms with E-state index in [1.165, 1.54) is 30.2 Å². The van der Waals surface area contributed by atoms with Crippen molar-refractivity contribution < 1.29 is 18.3 Å². The standard InChI is InChI=1S/C27H30F2N2O2/c1-4-27(28,29)21-8-11-23(12-9-21)33-24-10-7-19-13-15-31(18-20(19)16-24)22-6-5-14-26(2,17-22)25(32)30-3/h5-12,14,16H,4,13,15,17-18H2,1-3H3,(H,30,32). The number of rotatable bonds is 6. The number of allylic oxidation sites excluding steroid dienone is 3. The molecule has 1 heterocycles. The average molecular weight is 453 g/mol. The number of carbonyl (C=O) groups is 1. The number of halogens is 2. The van der Waals surface area contributed by atoms with Gasteiger partial charge in [0.2, 0.25) is 5.91 Å². The minimum atomic E-state index is -2.83. The van der Waals surface area contributed by atoms with Gasteiger partial charge in [-0.15, -0.1) is 0 Å². The fourth-order valence-electron chi connectivity index (χ4n) is 4.47. The molecule has 1 unspecified atom stereocenters. The summed E-state index contributed by atoms with van der Waals surface area (Å²) >= 11 is 0. The highest BCUT2D eigenvalue weighted by atomic mass is 19.3. The van der Waals surface area contributed by atoms with Crippen molar-refractivity contribution in [3.05, 3.63) is 83.1 Å². The molecule has 6 heteroatoms. The first kappa shape index (κ1) is 23.0. The SMILES string of the molecule is CCC(F)(F)c1ccc(Oc2ccc3c(c2)CN(C2=CC=CC(C)(C(=O)NC)C2)CC3)cc1. The summed E-state index contributed by atoms with van der Waals surface area (Å²) < 4.78 is 33.7. The molecule has 33 heavy (non-hydrogen) atoms. The highest BCUT2D eigenvalue weighted by Crippen LogP contribution is 2.36. The molecule has 4 nitrogen and oxygen atoms in total. The molecule has 0 aromatic heterocycles. The molecule has 2 aromatic rings. The number of hydrogen-bond acceptors (Lipinski definition) is 3. The van der Waals surface area contributed by atoms with Gasteiger partial charge in [-0.1, -0.05) is 25.1 Å². The minimum Gasteiger partial charge on any atom is -0.457 e. The van der Waals surface area contributed by atoms with Gasteiger partial charge in [0, 0.05) is 44.2 Å². The van der Waals surface area contributed by atoms with Crippen LogP contribution in [0, 0.1) is 5.41 Å². The third-order valence-electron chi connectivity index (χ3n) is 6.60. The zero-order valence-electron chi connectivity index (χ0n) is 19.3. The molecule has 2 aromatic carbocycles. The molecule has 1 aliphatic carbocycles. The van der Waals surface area contributed by atoms with E-state index in [1.54, 1.807) is 19.2 Å². The summed E-state index contributed by atoms with van der Waals surface area (Å²) in [6.45, 7) is 5.06. The molecular weight excluding hydrogens is 422 g/mol. The Kier molecular flexibility index (Phi) is 6.28. The van der Waals surface area contributed by atoms with Gasteiger partial charge in [-0.05, 0) is 66.9 Å². The van der Waals surface area contributed by atoms with E-state index in [0.29, 0.717) is 17.9 Å². The van der Waals surface area contributed by atoms with Crippen molar-refractivity contribution >= 4 is 5.91 Å². The molecule has 0 spiro atoms. The monoisotopic (exact) mass is 452 g/mol. The molecule has 0 saturated carbocycles. The molecular formula is C27H30F2N2O2. The molecule has 0 saturated heterocycles. The summed E-state index contributed by atoms with van der Waals surface area (Å²) in [6, 6.07) is 12.0. The molecule has 1 amide bonds. The maximum absolute atomic E-state index is 13.9. The number of benzene rings is 2. The van der Waals surface area contributed by atoms with Crippen LogP contribution in [0.2, 0.25) is 0 Å². The van der Waals surface area contributed by atoms with Crippen LogP contribution >= 0.6 is 0 Å². The van der Waals surface area contributed by atoms with E-state index in [0.717, 1.165) is 25.2 Å². The number of ether oxygens (including phenoxy) is 1. The third-order valence-corrected chi connectivity index (χ3v) is 6.60. The van der Waals surface area contributed by atoms with E-state index in [4.69, 9.17) is 4.74 Å². The van der Waals surface area contributed by atoms with Crippen LogP contribution in [-0.4, -0.2) is 24.4 Å². The van der Waals surface area contributed by atoms with Crippen LogP contribution in [0.5, 0.6) is 11.5 Å². The van der Waals surface area contributed by atoms with Crippen LogP contribution in [-0.2, 0) is 23.7 Å². The zero-order chi connectivity index (χ0) is 23.6. The van der Waals surface area contributed by atoms with E-state index in [-0.39, 0.29) is 17.9 Å². The van der Waals surface area contributed by atoms with E-state index in [2.05, 4.69) is 22.4 Å². The predicted molar refractivity (Wildman–Crippen MR) is 125 cm³/mol. The van der Waals surface area contributed by atoms with E-state index in [9.17, 15) is 13.6 Å². The molecule has 1 N–H and O–H groups in total. The fraction of sp³-hybridized carbons (Fsp3) is 0.370. The second-order valence-corrected chi connectivity index (χ2v) is 8.98. The Balaban J connectivity index is 1.47. The third kappa shape index (κ3) is 4.80. The van der Waals surface area contributed by atoms with Gasteiger partial charge in [0.1, 0.15) is 11.5 Å². The number of amides is 1. The molecule has 1 aliphatic heterocycles. The highest BCUT2D eigenvalue weighted by Gasteiger charge is 2.34. The number of nitrogens with one attached hydrogen (secondary N) is 1. The molecule has 1 atom stereocenters. The predicted octanol–water partition coefficient (Wildman–Crippen LogP) is 5.93. The zero-order valence-corrected chi connectivity index (χ0v) is 19.3. The van der Waals surface area contributed by atoms with Crippen LogP contribution in [0.1, 0.15) is 43.4 Å². The first-order chi connectivity index (χ1) is 15.7. The summed E-state index contributed by atoms with van der Waals surface area (Å²) in [7, 11) is 1.67. The smallest absolute Gasteiger partial charge is 0.273 e. The normalized spacial score (nSPS) is 20.2. The summed E-state index contributed by atoms with van der Waals surface area (Å²) in [6.07, 6.45) is 7.35. The first-order valence-electron chi connectivity index (χ1n) is 11.4. The molecule has 0 radical (unpaired) electrons. The molecule has 174 valence electrons. The Hall–Kier alpha value is -3.15. The van der Waals surface area contributed by atoms with E-state index in [1.807, 2.05) is 31.2 Å². The summed E-state index contributed by atoms with van der Waals surface area (Å²) in [4.78, 5) is 14.7. The van der Waals surface area contributed by atoms with Crippen molar-refractivity contribution in [2.24, 2.45) is 5.41 Å². The van der Waals surface area contributed by atoms with Crippen LogP contribution < -0.4 is 10.1 Å². The Labute approximate surface area is 193 Å². The molecule has 2 aliphatic rings. The lowest BCUT2D eigenvalue weighted by Crippen LogP contribution is -2.40. The Bertz CT molecular complexity index is 1090. The van der Waals surface area contributed by atoms with Gasteiger partial charge >= 0.3 is 0 Å². The highest BCUT2D eigenvalue weighted by molar-refractivity contribution is 5.84. The second kappa shape index (κ2) is 9.00. The van der Waals surface area contributed by atoms with Gasteiger partial charge in [-0.3, -0.25) is 4.79 Å². The summed E-state index contributed by atoms with van der Waals surface area (Å²) in [5, 5.41) is 2.77. The van der Waals surface area contributed by atoms with Gasteiger partial charge in [0.25, 0.3) is 5.92 Å². The van der Waals surface area contributed by atoms with Crippen molar-refractivity contribution in [3.63, 3.8) is 0 Å². The summed E-state index contributed by atoms with van der Waals surface area (Å²) in [5.74, 6) is -1.61. The number of fused-ring (bicyclic) bond motifs is 1. The van der Waals surface area contributed by atoms with E-state index >= 15 is 0 Å². The Morgan fingerprint density at radius 2 is 1.88 bits per heavy atom. The van der Waals surface area contributed by atoms with Gasteiger partial charge in [0.15, 0.2) is 0 Å². The minimum absolute atomic E-state index is 0.00278. The van der Waals surface area contributed by atoms with Crippen LogP contribution in [0.4, 0.5) is 8.78 Å². The lowest BCUT2D eigenvalue weighted by molar-refractivity contribution is -0.127. The maximum Gasteiger partial charge on any atom is 0.273 e. The van der Waals surface area contributed by atoms with Gasteiger partial charge in [-0.2, -0.15) is 0 Å². The van der Waals surface area contributed by atoms with E-state index < -0.39 is 11.3 Å². The number of alkyl halides is 2. The fourth-order valence-corrected chi connectivity index (χ4v) is 4.47. The lowest BCUT2D eigenvalue weighted by Gasteiger charge is -2.37. The molecule has 4 rings (SSSR count). The van der Waals surface area contributed by atoms with Crippen molar-refractivity contribution in [1.29, 1.82) is 0 Å². The van der Waals surface area contributed by atoms with Crippen LogP contribution in [0.15, 0.2) is 66.4 Å². The quantitative estimate of drug-likeness (QED) is 0.590.